The number of aromatic nitrogens is 3. The van der Waals surface area contributed by atoms with Gasteiger partial charge < -0.3 is 0 Å². The predicted molar refractivity (Wildman–Crippen MR) is 70.8 cm³/mol. The number of H-pyrrole nitrogens is 1. The topological polar surface area (TPSA) is 91.5 Å². The zero-order chi connectivity index (χ0) is 14.7. The van der Waals surface area contributed by atoms with E-state index in [2.05, 4.69) is 10.1 Å². The van der Waals surface area contributed by atoms with E-state index in [0.717, 1.165) is 0 Å². The van der Waals surface area contributed by atoms with Gasteiger partial charge in [-0.3, -0.25) is 19.4 Å². The van der Waals surface area contributed by atoms with Crippen molar-refractivity contribution in [2.75, 3.05) is 0 Å². The van der Waals surface area contributed by atoms with Gasteiger partial charge in [-0.25, -0.2) is 4.39 Å². The number of hydrogen-bond donors (Lipinski definition) is 1. The first-order valence-electron chi connectivity index (χ1n) is 5.50. The summed E-state index contributed by atoms with van der Waals surface area (Å²) in [5.74, 6) is -0.183. The molecule has 0 aliphatic carbocycles. The number of nitriles is 1. The van der Waals surface area contributed by atoms with Crippen molar-refractivity contribution in [3.8, 4) is 6.07 Å². The molecule has 0 aliphatic rings. The van der Waals surface area contributed by atoms with Crippen molar-refractivity contribution in [1.29, 1.82) is 5.26 Å². The lowest BCUT2D eigenvalue weighted by Crippen LogP contribution is -2.33. The SMILES string of the molecule is Cn1[nH]c(=O)c(=O)nc1SCc1ccc(F)c(C#N)c1. The van der Waals surface area contributed by atoms with Crippen LogP contribution in [-0.4, -0.2) is 14.8 Å². The van der Waals surface area contributed by atoms with Gasteiger partial charge in [-0.15, -0.1) is 0 Å². The van der Waals surface area contributed by atoms with Crippen molar-refractivity contribution in [3.63, 3.8) is 0 Å². The molecule has 0 amide bonds. The molecule has 0 fully saturated rings. The molecule has 0 radical (unpaired) electrons. The van der Waals surface area contributed by atoms with E-state index in [1.807, 2.05) is 0 Å². The van der Waals surface area contributed by atoms with E-state index >= 15 is 0 Å². The smallest absolute Gasteiger partial charge is 0.265 e. The molecule has 2 rings (SSSR count). The Balaban J connectivity index is 2.21. The fourth-order valence-electron chi connectivity index (χ4n) is 1.49. The van der Waals surface area contributed by atoms with Gasteiger partial charge in [-0.05, 0) is 17.7 Å². The number of aryl methyl sites for hydroxylation is 1. The minimum atomic E-state index is -0.859. The molecule has 2 aromatic rings. The lowest BCUT2D eigenvalue weighted by Gasteiger charge is -2.06. The van der Waals surface area contributed by atoms with Crippen LogP contribution in [-0.2, 0) is 12.8 Å². The Labute approximate surface area is 116 Å². The zero-order valence-corrected chi connectivity index (χ0v) is 11.2. The number of aromatic amines is 1. The highest BCUT2D eigenvalue weighted by Gasteiger charge is 2.07. The molecule has 1 N–H and O–H groups in total. The highest BCUT2D eigenvalue weighted by molar-refractivity contribution is 7.98. The maximum absolute atomic E-state index is 13.2. The lowest BCUT2D eigenvalue weighted by molar-refractivity contribution is 0.596. The average molecular weight is 292 g/mol. The molecule has 8 heteroatoms. The number of thioether (sulfide) groups is 1. The zero-order valence-electron chi connectivity index (χ0n) is 10.4. The molecule has 0 unspecified atom stereocenters. The van der Waals surface area contributed by atoms with Gasteiger partial charge in [-0.2, -0.15) is 10.2 Å². The van der Waals surface area contributed by atoms with Crippen LogP contribution in [0.3, 0.4) is 0 Å². The average Bonchev–Trinajstić information content (AvgIpc) is 2.43. The minimum absolute atomic E-state index is 0.0357. The van der Waals surface area contributed by atoms with Crippen molar-refractivity contribution >= 4 is 11.8 Å². The van der Waals surface area contributed by atoms with Crippen molar-refractivity contribution < 1.29 is 4.39 Å². The first kappa shape index (κ1) is 14.0. The van der Waals surface area contributed by atoms with E-state index in [1.54, 1.807) is 19.2 Å². The van der Waals surface area contributed by atoms with E-state index < -0.39 is 16.9 Å². The molecule has 0 atom stereocenters. The first-order valence-corrected chi connectivity index (χ1v) is 6.48. The van der Waals surface area contributed by atoms with E-state index in [0.29, 0.717) is 16.5 Å². The summed E-state index contributed by atoms with van der Waals surface area (Å²) in [6, 6.07) is 5.96. The van der Waals surface area contributed by atoms with Crippen LogP contribution in [0, 0.1) is 17.1 Å². The van der Waals surface area contributed by atoms with Crippen LogP contribution >= 0.6 is 11.8 Å². The van der Waals surface area contributed by atoms with Gasteiger partial charge in [0.1, 0.15) is 11.9 Å². The Kier molecular flexibility index (Phi) is 4.00. The third-order valence-electron chi connectivity index (χ3n) is 2.47. The van der Waals surface area contributed by atoms with Crippen molar-refractivity contribution in [3.05, 3.63) is 55.9 Å². The fourth-order valence-corrected chi connectivity index (χ4v) is 2.35. The van der Waals surface area contributed by atoms with Gasteiger partial charge in [0.05, 0.1) is 5.56 Å². The second-order valence-electron chi connectivity index (χ2n) is 3.91. The van der Waals surface area contributed by atoms with E-state index in [4.69, 9.17) is 5.26 Å². The highest BCUT2D eigenvalue weighted by atomic mass is 32.2. The lowest BCUT2D eigenvalue weighted by atomic mass is 10.1. The van der Waals surface area contributed by atoms with Crippen LogP contribution in [0.4, 0.5) is 4.39 Å². The molecule has 1 aromatic heterocycles. The molecule has 20 heavy (non-hydrogen) atoms. The summed E-state index contributed by atoms with van der Waals surface area (Å²) in [7, 11) is 1.56. The minimum Gasteiger partial charge on any atom is -0.265 e. The number of nitrogens with one attached hydrogen (secondary N) is 1. The van der Waals surface area contributed by atoms with Crippen LogP contribution < -0.4 is 11.1 Å². The number of hydrogen-bond acceptors (Lipinski definition) is 5. The molecule has 1 aromatic carbocycles. The molecule has 0 aliphatic heterocycles. The molecule has 0 saturated heterocycles. The second-order valence-corrected chi connectivity index (χ2v) is 4.86. The molecule has 0 spiro atoms. The number of rotatable bonds is 3. The summed E-state index contributed by atoms with van der Waals surface area (Å²) in [6.07, 6.45) is 0. The molecule has 6 nitrogen and oxygen atoms in total. The van der Waals surface area contributed by atoms with Crippen molar-refractivity contribution in [2.24, 2.45) is 7.05 Å². The van der Waals surface area contributed by atoms with Gasteiger partial charge in [0.2, 0.25) is 0 Å². The summed E-state index contributed by atoms with van der Waals surface area (Å²) in [6.45, 7) is 0. The monoisotopic (exact) mass is 292 g/mol. The standard InChI is InChI=1S/C12H9FN4O2S/c1-17-12(15-10(18)11(19)16-17)20-6-7-2-3-9(13)8(4-7)5-14/h2-4H,6H2,1H3,(H,16,19). The third-order valence-corrected chi connectivity index (χ3v) is 3.57. The van der Waals surface area contributed by atoms with Gasteiger partial charge in [-0.1, -0.05) is 17.8 Å². The third kappa shape index (κ3) is 2.95. The summed E-state index contributed by atoms with van der Waals surface area (Å²) >= 11 is 1.20. The Morgan fingerprint density at radius 3 is 2.95 bits per heavy atom. The molecular formula is C12H9FN4O2S. The maximum atomic E-state index is 13.2. The highest BCUT2D eigenvalue weighted by Crippen LogP contribution is 2.20. The van der Waals surface area contributed by atoms with E-state index in [-0.39, 0.29) is 5.56 Å². The van der Waals surface area contributed by atoms with Crippen LogP contribution in [0.1, 0.15) is 11.1 Å². The maximum Gasteiger partial charge on any atom is 0.339 e. The van der Waals surface area contributed by atoms with Crippen LogP contribution in [0.2, 0.25) is 0 Å². The van der Waals surface area contributed by atoms with Gasteiger partial charge in [0.25, 0.3) is 0 Å². The molecule has 0 saturated carbocycles. The summed E-state index contributed by atoms with van der Waals surface area (Å²) in [5, 5.41) is 11.4. The molecule has 102 valence electrons. The Morgan fingerprint density at radius 2 is 2.25 bits per heavy atom. The van der Waals surface area contributed by atoms with Gasteiger partial charge in [0, 0.05) is 12.8 Å². The summed E-state index contributed by atoms with van der Waals surface area (Å²) < 4.78 is 14.5. The van der Waals surface area contributed by atoms with Crippen LogP contribution in [0.25, 0.3) is 0 Å². The predicted octanol–water partition coefficient (Wildman–Crippen LogP) is 0.772. The largest absolute Gasteiger partial charge is 0.339 e. The Bertz CT molecular complexity index is 806. The van der Waals surface area contributed by atoms with Crippen molar-refractivity contribution in [2.45, 2.75) is 10.9 Å². The van der Waals surface area contributed by atoms with Crippen LogP contribution in [0.5, 0.6) is 0 Å². The Morgan fingerprint density at radius 1 is 1.50 bits per heavy atom. The number of halogens is 1. The van der Waals surface area contributed by atoms with Crippen molar-refractivity contribution in [1.82, 2.24) is 14.8 Å². The van der Waals surface area contributed by atoms with E-state index in [9.17, 15) is 14.0 Å². The quantitative estimate of drug-likeness (QED) is 0.666. The normalized spacial score (nSPS) is 10.2. The van der Waals surface area contributed by atoms with Crippen LogP contribution in [0.15, 0.2) is 32.9 Å². The Hall–Kier alpha value is -2.40. The summed E-state index contributed by atoms with van der Waals surface area (Å²) in [4.78, 5) is 25.9. The first-order chi connectivity index (χ1) is 9.51. The van der Waals surface area contributed by atoms with E-state index in [1.165, 1.54) is 28.6 Å². The summed E-state index contributed by atoms with van der Waals surface area (Å²) in [5.41, 5.74) is -0.965. The molecule has 0 bridgehead atoms. The molecular weight excluding hydrogens is 283 g/mol. The fraction of sp³-hybridized carbons (Fsp3) is 0.167. The molecule has 1 heterocycles. The van der Waals surface area contributed by atoms with Gasteiger partial charge >= 0.3 is 11.1 Å². The van der Waals surface area contributed by atoms with Gasteiger partial charge in [0.15, 0.2) is 5.16 Å². The second kappa shape index (κ2) is 5.71. The number of benzene rings is 1. The number of nitrogens with zero attached hydrogens (tertiary/aromatic N) is 3.